The molecule has 1 spiro atoms. The van der Waals surface area contributed by atoms with Crippen LogP contribution >= 0.6 is 0 Å². The monoisotopic (exact) mass is 467 g/mol. The van der Waals surface area contributed by atoms with Gasteiger partial charge in [0.15, 0.2) is 5.60 Å². The van der Waals surface area contributed by atoms with Gasteiger partial charge in [-0.15, -0.1) is 0 Å². The van der Waals surface area contributed by atoms with E-state index in [2.05, 4.69) is 10.3 Å². The third kappa shape index (κ3) is 3.33. The molecule has 6 rings (SSSR count). The lowest BCUT2D eigenvalue weighted by atomic mass is 9.91. The van der Waals surface area contributed by atoms with Gasteiger partial charge in [0.05, 0.1) is 23.2 Å². The molecule has 2 fully saturated rings. The number of carbonyl (C=O) groups is 3. The lowest BCUT2D eigenvalue weighted by Gasteiger charge is -2.26. The molecule has 2 aromatic carbocycles. The fourth-order valence-electron chi connectivity index (χ4n) is 5.44. The minimum Gasteiger partial charge on any atom is -0.449 e. The van der Waals surface area contributed by atoms with Crippen LogP contribution in [0.15, 0.2) is 66.9 Å². The summed E-state index contributed by atoms with van der Waals surface area (Å²) in [5.41, 5.74) is 3.40. The molecule has 1 saturated heterocycles. The van der Waals surface area contributed by atoms with Crippen LogP contribution < -0.4 is 5.32 Å². The second-order valence-electron chi connectivity index (χ2n) is 9.58. The van der Waals surface area contributed by atoms with Crippen molar-refractivity contribution in [1.29, 1.82) is 0 Å². The zero-order chi connectivity index (χ0) is 24.2. The van der Waals surface area contributed by atoms with Crippen molar-refractivity contribution in [2.45, 2.75) is 30.3 Å². The molecule has 1 aromatic heterocycles. The van der Waals surface area contributed by atoms with Crippen molar-refractivity contribution < 1.29 is 19.1 Å². The summed E-state index contributed by atoms with van der Waals surface area (Å²) in [6.45, 7) is 0.949. The molecule has 1 unspecified atom stereocenters. The SMILES string of the molecule is CNC(=O)c1ccc(-c2ccc(C3(C(=O)N4CCC5(C4)OC(=O)c4ccccc45)CC3)cn2)cc1. The second-order valence-corrected chi connectivity index (χ2v) is 9.58. The zero-order valence-corrected chi connectivity index (χ0v) is 19.4. The summed E-state index contributed by atoms with van der Waals surface area (Å²) < 4.78 is 5.82. The van der Waals surface area contributed by atoms with Crippen molar-refractivity contribution in [3.05, 3.63) is 89.1 Å². The van der Waals surface area contributed by atoms with Crippen molar-refractivity contribution in [2.75, 3.05) is 20.1 Å². The fourth-order valence-corrected chi connectivity index (χ4v) is 5.44. The number of ether oxygens (including phenoxy) is 1. The Balaban J connectivity index is 1.20. The molecule has 176 valence electrons. The highest BCUT2D eigenvalue weighted by Crippen LogP contribution is 2.52. The topological polar surface area (TPSA) is 88.6 Å². The summed E-state index contributed by atoms with van der Waals surface area (Å²) >= 11 is 0. The maximum atomic E-state index is 13.7. The number of pyridine rings is 1. The number of hydrogen-bond acceptors (Lipinski definition) is 5. The van der Waals surface area contributed by atoms with Gasteiger partial charge in [0, 0.05) is 42.9 Å². The van der Waals surface area contributed by atoms with Gasteiger partial charge in [-0.25, -0.2) is 4.79 Å². The highest BCUT2D eigenvalue weighted by molar-refractivity contribution is 5.96. The number of carbonyl (C=O) groups excluding carboxylic acids is 3. The van der Waals surface area contributed by atoms with Crippen molar-refractivity contribution in [3.8, 4) is 11.3 Å². The van der Waals surface area contributed by atoms with Crippen molar-refractivity contribution in [1.82, 2.24) is 15.2 Å². The van der Waals surface area contributed by atoms with Crippen LogP contribution in [0.25, 0.3) is 11.3 Å². The maximum Gasteiger partial charge on any atom is 0.339 e. The molecule has 2 amide bonds. The zero-order valence-electron chi connectivity index (χ0n) is 19.4. The van der Waals surface area contributed by atoms with Crippen LogP contribution in [0.2, 0.25) is 0 Å². The van der Waals surface area contributed by atoms with Gasteiger partial charge in [0.25, 0.3) is 5.91 Å². The Morgan fingerprint density at radius 2 is 1.77 bits per heavy atom. The maximum absolute atomic E-state index is 13.7. The predicted octanol–water partition coefficient (Wildman–Crippen LogP) is 3.44. The molecule has 1 saturated carbocycles. The number of rotatable bonds is 4. The minimum atomic E-state index is -0.734. The van der Waals surface area contributed by atoms with E-state index in [1.165, 1.54) is 0 Å². The van der Waals surface area contributed by atoms with Gasteiger partial charge in [0.1, 0.15) is 0 Å². The summed E-state index contributed by atoms with van der Waals surface area (Å²) in [6.07, 6.45) is 3.98. The molecule has 7 nitrogen and oxygen atoms in total. The van der Waals surface area contributed by atoms with E-state index < -0.39 is 11.0 Å². The van der Waals surface area contributed by atoms with E-state index in [4.69, 9.17) is 4.74 Å². The quantitative estimate of drug-likeness (QED) is 0.594. The first-order valence-corrected chi connectivity index (χ1v) is 11.9. The van der Waals surface area contributed by atoms with Gasteiger partial charge in [-0.05, 0) is 42.7 Å². The Labute approximate surface area is 203 Å². The number of nitrogens with zero attached hydrogens (tertiary/aromatic N) is 2. The van der Waals surface area contributed by atoms with Crippen LogP contribution in [0.4, 0.5) is 0 Å². The van der Waals surface area contributed by atoms with Crippen LogP contribution in [0.5, 0.6) is 0 Å². The summed E-state index contributed by atoms with van der Waals surface area (Å²) in [5, 5.41) is 2.61. The van der Waals surface area contributed by atoms with Gasteiger partial charge in [0.2, 0.25) is 5.91 Å². The summed E-state index contributed by atoms with van der Waals surface area (Å²) in [5.74, 6) is -0.355. The third-order valence-electron chi connectivity index (χ3n) is 7.59. The van der Waals surface area contributed by atoms with Gasteiger partial charge in [-0.2, -0.15) is 0 Å². The van der Waals surface area contributed by atoms with Gasteiger partial charge >= 0.3 is 5.97 Å². The van der Waals surface area contributed by atoms with Gasteiger partial charge < -0.3 is 15.0 Å². The highest BCUT2D eigenvalue weighted by atomic mass is 16.6. The van der Waals surface area contributed by atoms with Crippen LogP contribution in [0.1, 0.15) is 51.1 Å². The lowest BCUT2D eigenvalue weighted by Crippen LogP contribution is -2.40. The van der Waals surface area contributed by atoms with Gasteiger partial charge in [-0.1, -0.05) is 36.4 Å². The van der Waals surface area contributed by atoms with Crippen molar-refractivity contribution >= 4 is 17.8 Å². The number of esters is 1. The minimum absolute atomic E-state index is 0.0827. The van der Waals surface area contributed by atoms with E-state index in [0.29, 0.717) is 30.6 Å². The first-order valence-electron chi connectivity index (χ1n) is 11.9. The standard InChI is InChI=1S/C28H25N3O4/c1-29-24(32)19-8-6-18(7-9-19)23-11-10-20(16-30-23)27(12-13-27)26(34)31-15-14-28(17-31)22-5-3-2-4-21(22)25(33)35-28/h2-11,16H,12-15,17H2,1H3,(H,29,32). The summed E-state index contributed by atoms with van der Waals surface area (Å²) in [4.78, 5) is 44.3. The van der Waals surface area contributed by atoms with Gasteiger partial charge in [-0.3, -0.25) is 14.6 Å². The molecule has 1 atom stereocenters. The second kappa shape index (κ2) is 7.77. The van der Waals surface area contributed by atoms with Crippen LogP contribution in [0.3, 0.4) is 0 Å². The molecule has 3 aromatic rings. The number of aromatic nitrogens is 1. The van der Waals surface area contributed by atoms with E-state index in [1.54, 1.807) is 31.4 Å². The van der Waals surface area contributed by atoms with Crippen LogP contribution in [-0.4, -0.2) is 47.8 Å². The number of likely N-dealkylation sites (tertiary alicyclic amines) is 1. The fraction of sp³-hybridized carbons (Fsp3) is 0.286. The third-order valence-corrected chi connectivity index (χ3v) is 7.59. The molecular weight excluding hydrogens is 442 g/mol. The van der Waals surface area contributed by atoms with Crippen molar-refractivity contribution in [2.24, 2.45) is 0 Å². The predicted molar refractivity (Wildman–Crippen MR) is 129 cm³/mol. The first kappa shape index (κ1) is 21.5. The van der Waals surface area contributed by atoms with E-state index >= 15 is 0 Å². The highest BCUT2D eigenvalue weighted by Gasteiger charge is 2.57. The molecule has 0 radical (unpaired) electrons. The van der Waals surface area contributed by atoms with Crippen molar-refractivity contribution in [3.63, 3.8) is 0 Å². The van der Waals surface area contributed by atoms with E-state index in [9.17, 15) is 14.4 Å². The number of nitrogens with one attached hydrogen (secondary N) is 1. The number of fused-ring (bicyclic) bond motifs is 2. The molecule has 1 aliphatic carbocycles. The smallest absolute Gasteiger partial charge is 0.339 e. The van der Waals surface area contributed by atoms with Crippen LogP contribution in [0, 0.1) is 0 Å². The molecule has 3 aliphatic rings. The van der Waals surface area contributed by atoms with E-state index in [1.807, 2.05) is 47.4 Å². The molecule has 0 bridgehead atoms. The first-order chi connectivity index (χ1) is 17.0. The number of benzene rings is 2. The van der Waals surface area contributed by atoms with E-state index in [0.717, 1.165) is 35.2 Å². The average molecular weight is 468 g/mol. The average Bonchev–Trinajstić information content (AvgIpc) is 3.54. The molecule has 1 N–H and O–H groups in total. The summed E-state index contributed by atoms with van der Waals surface area (Å²) in [6, 6.07) is 18.7. The molecule has 2 aliphatic heterocycles. The Kier molecular flexibility index (Phi) is 4.78. The Bertz CT molecular complexity index is 1350. The van der Waals surface area contributed by atoms with Crippen LogP contribution in [-0.2, 0) is 20.5 Å². The Morgan fingerprint density at radius 3 is 2.46 bits per heavy atom. The number of hydrogen-bond donors (Lipinski definition) is 1. The number of amides is 2. The molecular formula is C28H25N3O4. The lowest BCUT2D eigenvalue weighted by molar-refractivity contribution is -0.134. The Morgan fingerprint density at radius 1 is 1.00 bits per heavy atom. The molecule has 7 heteroatoms. The summed E-state index contributed by atoms with van der Waals surface area (Å²) in [7, 11) is 1.60. The van der Waals surface area contributed by atoms with E-state index in [-0.39, 0.29) is 17.8 Å². The normalized spacial score (nSPS) is 21.5. The molecule has 3 heterocycles. The largest absolute Gasteiger partial charge is 0.449 e. The Hall–Kier alpha value is -4.00. The molecule has 35 heavy (non-hydrogen) atoms.